The molecule has 102 valence electrons. The fraction of sp³-hybridized carbons (Fsp3) is 0.615. The van der Waals surface area contributed by atoms with Crippen LogP contribution in [-0.4, -0.2) is 22.9 Å². The van der Waals surface area contributed by atoms with Gasteiger partial charge in [0, 0.05) is 11.4 Å². The normalized spacial score (nSPS) is 11.6. The van der Waals surface area contributed by atoms with Crippen LogP contribution in [0.2, 0.25) is 0 Å². The van der Waals surface area contributed by atoms with Crippen molar-refractivity contribution in [2.45, 2.75) is 45.7 Å². The topological polar surface area (TPSA) is 46.3 Å². The molecule has 0 saturated heterocycles. The first-order valence-electron chi connectivity index (χ1n) is 6.29. The molecule has 0 radical (unpaired) electrons. The number of halogens is 1. The van der Waals surface area contributed by atoms with E-state index in [9.17, 15) is 4.79 Å². The second-order valence-corrected chi connectivity index (χ2v) is 6.94. The molecule has 0 fully saturated rings. The summed E-state index contributed by atoms with van der Waals surface area (Å²) in [6.45, 7) is 7.26. The van der Waals surface area contributed by atoms with Crippen LogP contribution in [0.5, 0.6) is 0 Å². The average molecular weight is 333 g/mol. The van der Waals surface area contributed by atoms with E-state index in [0.29, 0.717) is 25.9 Å². The summed E-state index contributed by atoms with van der Waals surface area (Å²) in [5, 5.41) is 0. The zero-order valence-electron chi connectivity index (χ0n) is 11.2. The van der Waals surface area contributed by atoms with Gasteiger partial charge in [0.05, 0.1) is 15.9 Å². The first kappa shape index (κ1) is 15.7. The van der Waals surface area contributed by atoms with Crippen LogP contribution in [0, 0.1) is 0 Å². The highest BCUT2D eigenvalue weighted by molar-refractivity contribution is 9.11. The van der Waals surface area contributed by atoms with Gasteiger partial charge in [-0.25, -0.2) is 0 Å². The molecule has 1 aromatic rings. The summed E-state index contributed by atoms with van der Waals surface area (Å²) in [4.78, 5) is 15.5. The molecule has 1 amide bonds. The van der Waals surface area contributed by atoms with Gasteiger partial charge < -0.3 is 10.6 Å². The molecule has 2 N–H and O–H groups in total. The van der Waals surface area contributed by atoms with Crippen LogP contribution in [0.1, 0.15) is 38.5 Å². The van der Waals surface area contributed by atoms with Gasteiger partial charge in [-0.15, -0.1) is 11.3 Å². The molecule has 1 heterocycles. The Labute approximate surface area is 121 Å². The Kier molecular flexibility index (Phi) is 5.82. The van der Waals surface area contributed by atoms with E-state index in [-0.39, 0.29) is 5.91 Å². The summed E-state index contributed by atoms with van der Waals surface area (Å²) in [6, 6.07) is 4.05. The number of hydrogen-bond donors (Lipinski definition) is 1. The lowest BCUT2D eigenvalue weighted by Gasteiger charge is -2.32. The molecule has 0 aliphatic rings. The van der Waals surface area contributed by atoms with Gasteiger partial charge in [-0.3, -0.25) is 4.79 Å². The lowest BCUT2D eigenvalue weighted by Crippen LogP contribution is -2.54. The highest BCUT2D eigenvalue weighted by atomic mass is 79.9. The molecule has 5 heteroatoms. The van der Waals surface area contributed by atoms with E-state index in [4.69, 9.17) is 5.73 Å². The Morgan fingerprint density at radius 3 is 2.39 bits per heavy atom. The van der Waals surface area contributed by atoms with E-state index < -0.39 is 5.54 Å². The summed E-state index contributed by atoms with van der Waals surface area (Å²) < 4.78 is 1.09. The molecule has 0 bridgehead atoms. The van der Waals surface area contributed by atoms with Crippen molar-refractivity contribution in [2.75, 3.05) is 6.54 Å². The van der Waals surface area contributed by atoms with E-state index in [2.05, 4.69) is 15.9 Å². The van der Waals surface area contributed by atoms with Gasteiger partial charge in [0.25, 0.3) is 0 Å². The van der Waals surface area contributed by atoms with Gasteiger partial charge in [0.15, 0.2) is 0 Å². The molecule has 0 aromatic carbocycles. The number of likely N-dealkylation sites (N-methyl/N-ethyl adjacent to an activating group) is 1. The Morgan fingerprint density at radius 2 is 2.00 bits per heavy atom. The highest BCUT2D eigenvalue weighted by Crippen LogP contribution is 2.24. The number of nitrogens with two attached hydrogens (primary N) is 1. The van der Waals surface area contributed by atoms with Crippen LogP contribution in [0.25, 0.3) is 0 Å². The standard InChI is InChI=1S/C13H21BrN2OS/c1-4-13(15,5-2)12(17)16(6-3)9-10-7-8-11(14)18-10/h7-8H,4-6,9,15H2,1-3H3. The number of carbonyl (C=O) groups is 1. The number of thiophene rings is 1. The maximum absolute atomic E-state index is 12.5. The predicted molar refractivity (Wildman–Crippen MR) is 80.6 cm³/mol. The van der Waals surface area contributed by atoms with Crippen LogP contribution in [0.4, 0.5) is 0 Å². The average Bonchev–Trinajstić information content (AvgIpc) is 2.79. The molecule has 0 spiro atoms. The van der Waals surface area contributed by atoms with E-state index in [1.807, 2.05) is 37.8 Å². The Hall–Kier alpha value is -0.390. The Morgan fingerprint density at radius 1 is 1.39 bits per heavy atom. The van der Waals surface area contributed by atoms with Gasteiger partial charge in [0.2, 0.25) is 5.91 Å². The van der Waals surface area contributed by atoms with Crippen LogP contribution in [0.15, 0.2) is 15.9 Å². The quantitative estimate of drug-likeness (QED) is 0.867. The smallest absolute Gasteiger partial charge is 0.242 e. The summed E-state index contributed by atoms with van der Waals surface area (Å²) in [5.74, 6) is 0.0551. The zero-order chi connectivity index (χ0) is 13.8. The van der Waals surface area contributed by atoms with Crippen molar-refractivity contribution in [3.05, 3.63) is 20.8 Å². The number of rotatable bonds is 6. The zero-order valence-corrected chi connectivity index (χ0v) is 13.6. The minimum Gasteiger partial charge on any atom is -0.336 e. The molecule has 18 heavy (non-hydrogen) atoms. The van der Waals surface area contributed by atoms with E-state index in [1.54, 1.807) is 11.3 Å². The fourth-order valence-electron chi connectivity index (χ4n) is 1.82. The summed E-state index contributed by atoms with van der Waals surface area (Å²) >= 11 is 5.09. The van der Waals surface area contributed by atoms with Crippen LogP contribution >= 0.6 is 27.3 Å². The molecule has 0 saturated carbocycles. The molecule has 0 unspecified atom stereocenters. The lowest BCUT2D eigenvalue weighted by molar-refractivity contribution is -0.137. The molecular formula is C13H21BrN2OS. The summed E-state index contributed by atoms with van der Waals surface area (Å²) in [7, 11) is 0. The Balaban J connectivity index is 2.80. The van der Waals surface area contributed by atoms with E-state index in [0.717, 1.165) is 3.79 Å². The van der Waals surface area contributed by atoms with Crippen molar-refractivity contribution < 1.29 is 4.79 Å². The van der Waals surface area contributed by atoms with Crippen molar-refractivity contribution >= 4 is 33.2 Å². The van der Waals surface area contributed by atoms with Gasteiger partial charge in [-0.1, -0.05) is 13.8 Å². The van der Waals surface area contributed by atoms with Crippen molar-refractivity contribution in [1.29, 1.82) is 0 Å². The van der Waals surface area contributed by atoms with Crippen LogP contribution in [0.3, 0.4) is 0 Å². The minimum atomic E-state index is -0.718. The van der Waals surface area contributed by atoms with Gasteiger partial charge in [-0.05, 0) is 47.8 Å². The fourth-order valence-corrected chi connectivity index (χ4v) is 3.32. The van der Waals surface area contributed by atoms with Gasteiger partial charge in [0.1, 0.15) is 0 Å². The third-order valence-electron chi connectivity index (χ3n) is 3.33. The first-order chi connectivity index (χ1) is 8.46. The van der Waals surface area contributed by atoms with E-state index in [1.165, 1.54) is 4.88 Å². The lowest BCUT2D eigenvalue weighted by atomic mass is 9.92. The van der Waals surface area contributed by atoms with Crippen molar-refractivity contribution in [3.63, 3.8) is 0 Å². The van der Waals surface area contributed by atoms with Crippen molar-refractivity contribution in [2.24, 2.45) is 5.73 Å². The van der Waals surface area contributed by atoms with Crippen LogP contribution in [-0.2, 0) is 11.3 Å². The number of hydrogen-bond acceptors (Lipinski definition) is 3. The monoisotopic (exact) mass is 332 g/mol. The second kappa shape index (κ2) is 6.68. The second-order valence-electron chi connectivity index (χ2n) is 4.39. The van der Waals surface area contributed by atoms with Crippen molar-refractivity contribution in [1.82, 2.24) is 4.90 Å². The molecule has 1 aromatic heterocycles. The maximum atomic E-state index is 12.5. The third-order valence-corrected chi connectivity index (χ3v) is 4.94. The SMILES string of the molecule is CCN(Cc1ccc(Br)s1)C(=O)C(N)(CC)CC. The Bertz CT molecular complexity index is 401. The third kappa shape index (κ3) is 3.56. The molecule has 3 nitrogen and oxygen atoms in total. The van der Waals surface area contributed by atoms with Crippen molar-refractivity contribution in [3.8, 4) is 0 Å². The number of nitrogens with zero attached hydrogens (tertiary/aromatic N) is 1. The molecule has 0 atom stereocenters. The maximum Gasteiger partial charge on any atom is 0.242 e. The minimum absolute atomic E-state index is 0.0551. The molecule has 0 aliphatic carbocycles. The number of carbonyl (C=O) groups excluding carboxylic acids is 1. The first-order valence-corrected chi connectivity index (χ1v) is 7.90. The molecule has 0 aliphatic heterocycles. The highest BCUT2D eigenvalue weighted by Gasteiger charge is 2.33. The molecular weight excluding hydrogens is 312 g/mol. The summed E-state index contributed by atoms with van der Waals surface area (Å²) in [5.41, 5.74) is 5.46. The van der Waals surface area contributed by atoms with Gasteiger partial charge in [-0.2, -0.15) is 0 Å². The predicted octanol–water partition coefficient (Wildman–Crippen LogP) is 3.38. The van der Waals surface area contributed by atoms with Crippen LogP contribution < -0.4 is 5.73 Å². The largest absolute Gasteiger partial charge is 0.336 e. The summed E-state index contributed by atoms with van der Waals surface area (Å²) in [6.07, 6.45) is 1.35. The van der Waals surface area contributed by atoms with E-state index >= 15 is 0 Å². The number of amides is 1. The molecule has 1 rings (SSSR count). The van der Waals surface area contributed by atoms with Gasteiger partial charge >= 0.3 is 0 Å².